The van der Waals surface area contributed by atoms with Gasteiger partial charge in [-0.15, -0.1) is 11.6 Å². The molecule has 0 radical (unpaired) electrons. The molecular formula is C43H48Cl2Zr-2. The van der Waals surface area contributed by atoms with Crippen LogP contribution in [-0.2, 0) is 41.5 Å². The number of rotatable bonds is 2. The second kappa shape index (κ2) is 14.6. The number of allylic oxidation sites excluding steroid dienone is 8. The predicted molar refractivity (Wildman–Crippen MR) is 187 cm³/mol. The predicted octanol–water partition coefficient (Wildman–Crippen LogP) is 5.20. The van der Waals surface area contributed by atoms with Crippen molar-refractivity contribution < 1.29 is 49.0 Å². The molecule has 3 heteroatoms. The number of fused-ring (bicyclic) bond motifs is 5. The van der Waals surface area contributed by atoms with Crippen LogP contribution in [0.3, 0.4) is 0 Å². The van der Waals surface area contributed by atoms with Gasteiger partial charge in [0.05, 0.1) is 0 Å². The Bertz CT molecular complexity index is 1640. The zero-order chi connectivity index (χ0) is 32.0. The average Bonchev–Trinajstić information content (AvgIpc) is 3.70. The SMILES string of the molecule is CC1=[C-]C(C)(C)c2cc3c(cc21)-c1cc2c(cc1C3)C(C)(C)C=C2C.CCC1[C-]=CC(C(C)(C)C)=C1.[Cl-].[Cl-].[Zr+2]=[CH]c1ccccc1. The first kappa shape index (κ1) is 38.4. The van der Waals surface area contributed by atoms with E-state index in [1.165, 1.54) is 97.4 Å². The monoisotopic (exact) mass is 724 g/mol. The fraction of sp³-hybridized carbons (Fsp3) is 0.372. The summed E-state index contributed by atoms with van der Waals surface area (Å²) in [5.74, 6) is 0.573. The normalized spacial score (nSPS) is 18.4. The maximum atomic E-state index is 3.65. The first-order chi connectivity index (χ1) is 20.6. The van der Waals surface area contributed by atoms with E-state index in [1.807, 2.05) is 6.07 Å². The Balaban J connectivity index is 0.000000229. The van der Waals surface area contributed by atoms with Gasteiger partial charge in [0.1, 0.15) is 0 Å². The molecule has 0 bridgehead atoms. The Labute approximate surface area is 306 Å². The molecule has 46 heavy (non-hydrogen) atoms. The fourth-order valence-corrected chi connectivity index (χ4v) is 7.51. The van der Waals surface area contributed by atoms with Crippen molar-refractivity contribution in [3.63, 3.8) is 0 Å². The first-order valence-electron chi connectivity index (χ1n) is 16.2. The Hall–Kier alpha value is -2.05. The number of hydrogen-bond acceptors (Lipinski definition) is 0. The van der Waals surface area contributed by atoms with E-state index in [1.54, 1.807) is 0 Å². The van der Waals surface area contributed by atoms with Gasteiger partial charge in [-0.05, 0) is 58.4 Å². The summed E-state index contributed by atoms with van der Waals surface area (Å²) in [5.41, 5.74) is 17.6. The van der Waals surface area contributed by atoms with Gasteiger partial charge in [-0.25, -0.2) is 11.6 Å². The standard InChI is InChI=1S/C25H25.C11H17.C7H6.2ClH.Zr/c1-14-12-24(3,4)22-8-16-7-17-9-23-19(15(2)13-25(23,5)6)11-21(17)20(16)10-18(14)22;1-5-9-6-7-10(8-9)11(2,3)4;1-7-5-3-2-4-6-7;;;/h8-12H,7H2,1-6H3;7-9H,5H2,1-4H3;1-6H;2*1H;/q2*-1;;;;+2/p-2. The zero-order valence-electron chi connectivity index (χ0n) is 29.3. The van der Waals surface area contributed by atoms with Crippen LogP contribution in [-0.4, -0.2) is 3.71 Å². The maximum absolute atomic E-state index is 3.65. The van der Waals surface area contributed by atoms with Crippen molar-refractivity contribution in [2.24, 2.45) is 11.3 Å². The summed E-state index contributed by atoms with van der Waals surface area (Å²) in [6.45, 7) is 22.6. The van der Waals surface area contributed by atoms with Gasteiger partial charge in [-0.3, -0.25) is 12.2 Å². The van der Waals surface area contributed by atoms with E-state index in [-0.39, 0.29) is 35.6 Å². The van der Waals surface area contributed by atoms with Crippen LogP contribution in [0.1, 0.15) is 115 Å². The van der Waals surface area contributed by atoms with Gasteiger partial charge in [0.15, 0.2) is 0 Å². The number of hydrogen-bond donors (Lipinski definition) is 0. The quantitative estimate of drug-likeness (QED) is 0.250. The van der Waals surface area contributed by atoms with E-state index in [0.29, 0.717) is 11.3 Å². The molecule has 0 fully saturated rings. The molecule has 0 heterocycles. The van der Waals surface area contributed by atoms with Crippen molar-refractivity contribution in [3.8, 4) is 11.1 Å². The van der Waals surface area contributed by atoms with E-state index >= 15 is 0 Å². The van der Waals surface area contributed by atoms with E-state index in [4.69, 9.17) is 0 Å². The fourth-order valence-electron chi connectivity index (χ4n) is 7.04. The molecule has 0 aromatic heterocycles. The van der Waals surface area contributed by atoms with Crippen LogP contribution in [0.5, 0.6) is 0 Å². The topological polar surface area (TPSA) is 0 Å². The Kier molecular flexibility index (Phi) is 12.2. The van der Waals surface area contributed by atoms with E-state index < -0.39 is 0 Å². The average molecular weight is 727 g/mol. The summed E-state index contributed by atoms with van der Waals surface area (Å²) in [7, 11) is 0. The molecule has 0 saturated heterocycles. The molecule has 0 amide bonds. The Morgan fingerprint density at radius 2 is 1.43 bits per heavy atom. The minimum absolute atomic E-state index is 0. The molecule has 1 atom stereocenters. The van der Waals surface area contributed by atoms with Gasteiger partial charge >= 0.3 is 63.8 Å². The zero-order valence-corrected chi connectivity index (χ0v) is 33.2. The van der Waals surface area contributed by atoms with Crippen LogP contribution in [0.15, 0.2) is 78.4 Å². The Morgan fingerprint density at radius 3 is 1.93 bits per heavy atom. The van der Waals surface area contributed by atoms with Crippen molar-refractivity contribution in [2.75, 3.05) is 0 Å². The van der Waals surface area contributed by atoms with Crippen LogP contribution in [0.2, 0.25) is 0 Å². The third-order valence-corrected chi connectivity index (χ3v) is 10.4. The van der Waals surface area contributed by atoms with Crippen LogP contribution >= 0.6 is 0 Å². The second-order valence-corrected chi connectivity index (χ2v) is 15.7. The third-order valence-electron chi connectivity index (χ3n) is 9.54. The summed E-state index contributed by atoms with van der Waals surface area (Å²) < 4.78 is 2.17. The van der Waals surface area contributed by atoms with Gasteiger partial charge in [0.25, 0.3) is 0 Å². The Morgan fingerprint density at radius 1 is 0.848 bits per heavy atom. The molecule has 3 aromatic rings. The summed E-state index contributed by atoms with van der Waals surface area (Å²) in [6, 6.07) is 20.2. The van der Waals surface area contributed by atoms with Gasteiger partial charge in [0.2, 0.25) is 0 Å². The van der Waals surface area contributed by atoms with Crippen molar-refractivity contribution in [2.45, 2.75) is 92.9 Å². The summed E-state index contributed by atoms with van der Waals surface area (Å²) in [5, 5.41) is 0. The summed E-state index contributed by atoms with van der Waals surface area (Å²) >= 11 is 1.46. The minimum atomic E-state index is 0. The third kappa shape index (κ3) is 7.80. The van der Waals surface area contributed by atoms with Crippen LogP contribution < -0.4 is 24.8 Å². The molecular weight excluding hydrogens is 679 g/mol. The molecule has 4 aliphatic rings. The number of halogens is 2. The van der Waals surface area contributed by atoms with Crippen molar-refractivity contribution in [1.82, 2.24) is 0 Å². The van der Waals surface area contributed by atoms with E-state index in [9.17, 15) is 0 Å². The molecule has 4 aliphatic carbocycles. The van der Waals surface area contributed by atoms with E-state index in [2.05, 4.69) is 152 Å². The molecule has 240 valence electrons. The molecule has 0 nitrogen and oxygen atoms in total. The second-order valence-electron chi connectivity index (χ2n) is 15.0. The van der Waals surface area contributed by atoms with Crippen LogP contribution in [0.4, 0.5) is 0 Å². The molecule has 3 aromatic carbocycles. The molecule has 0 N–H and O–H groups in total. The summed E-state index contributed by atoms with van der Waals surface area (Å²) in [6.07, 6.45) is 16.1. The van der Waals surface area contributed by atoms with Crippen molar-refractivity contribution in [3.05, 3.63) is 129 Å². The number of benzene rings is 3. The first-order valence-corrected chi connectivity index (χ1v) is 17.6. The molecule has 7 rings (SSSR count). The van der Waals surface area contributed by atoms with Crippen molar-refractivity contribution in [1.29, 1.82) is 0 Å². The van der Waals surface area contributed by atoms with Crippen LogP contribution in [0, 0.1) is 23.5 Å². The molecule has 0 aliphatic heterocycles. The van der Waals surface area contributed by atoms with Gasteiger partial charge in [0, 0.05) is 5.41 Å². The molecule has 0 spiro atoms. The van der Waals surface area contributed by atoms with Crippen LogP contribution in [0.25, 0.3) is 22.3 Å². The van der Waals surface area contributed by atoms with Gasteiger partial charge in [-0.1, -0.05) is 104 Å². The van der Waals surface area contributed by atoms with Crippen molar-refractivity contribution >= 4 is 14.9 Å². The molecule has 0 saturated carbocycles. The van der Waals surface area contributed by atoms with Gasteiger partial charge in [-0.2, -0.15) is 17.2 Å². The molecule has 1 unspecified atom stereocenters. The van der Waals surface area contributed by atoms with E-state index in [0.717, 1.165) is 6.42 Å². The van der Waals surface area contributed by atoms with Gasteiger partial charge < -0.3 is 24.8 Å². The summed E-state index contributed by atoms with van der Waals surface area (Å²) in [4.78, 5) is 0.